The molecule has 0 bridgehead atoms. The van der Waals surface area contributed by atoms with Crippen molar-refractivity contribution in [1.82, 2.24) is 0 Å². The van der Waals surface area contributed by atoms with Gasteiger partial charge in [-0.15, -0.1) is 0 Å². The van der Waals surface area contributed by atoms with E-state index in [0.717, 1.165) is 19.4 Å². The summed E-state index contributed by atoms with van der Waals surface area (Å²) in [5, 5.41) is 0. The molecule has 0 heterocycles. The van der Waals surface area contributed by atoms with Crippen LogP contribution in [0.3, 0.4) is 0 Å². The molecule has 2 N–H and O–H groups in total. The Hall–Kier alpha value is -1.49. The summed E-state index contributed by atoms with van der Waals surface area (Å²) in [7, 11) is 1.01. The van der Waals surface area contributed by atoms with Crippen LogP contribution in [0.2, 0.25) is 6.82 Å². The fourth-order valence-electron chi connectivity index (χ4n) is 1.68. The molecule has 0 saturated heterocycles. The lowest BCUT2D eigenvalue weighted by Gasteiger charge is -2.27. The Kier molecular flexibility index (Phi) is 6.08. The zero-order chi connectivity index (χ0) is 15.2. The van der Waals surface area contributed by atoms with Crippen LogP contribution in [0.4, 0.5) is 0 Å². The van der Waals surface area contributed by atoms with Crippen LogP contribution >= 0.6 is 0 Å². The van der Waals surface area contributed by atoms with Crippen LogP contribution in [0.1, 0.15) is 37.6 Å². The molecule has 20 heavy (non-hydrogen) atoms. The molecule has 5 heteroatoms. The second-order valence-electron chi connectivity index (χ2n) is 5.59. The van der Waals surface area contributed by atoms with E-state index in [1.807, 2.05) is 13.8 Å². The van der Waals surface area contributed by atoms with Gasteiger partial charge in [0.25, 0.3) is 0 Å². The third-order valence-corrected chi connectivity index (χ3v) is 3.21. The standard InChI is InChI=1S/C15H24BNO3/c1-11(16-4)19-10-9-15(2,3)20-13-7-5-12(6-8-13)14(17)18/h5-8,11,16H,9-10H2,1-4H3,(H2,17,18). The van der Waals surface area contributed by atoms with E-state index in [4.69, 9.17) is 15.2 Å². The number of ether oxygens (including phenoxy) is 2. The maximum absolute atomic E-state index is 11.0. The Bertz CT molecular complexity index is 431. The van der Waals surface area contributed by atoms with E-state index in [2.05, 4.69) is 13.7 Å². The maximum Gasteiger partial charge on any atom is 0.248 e. The van der Waals surface area contributed by atoms with E-state index in [1.54, 1.807) is 24.3 Å². The van der Waals surface area contributed by atoms with Gasteiger partial charge in [0.1, 0.15) is 11.4 Å². The Morgan fingerprint density at radius 3 is 2.45 bits per heavy atom. The van der Waals surface area contributed by atoms with Crippen molar-refractivity contribution >= 4 is 13.2 Å². The van der Waals surface area contributed by atoms with E-state index in [-0.39, 0.29) is 11.6 Å². The van der Waals surface area contributed by atoms with Crippen molar-refractivity contribution in [3.63, 3.8) is 0 Å². The quantitative estimate of drug-likeness (QED) is 0.741. The molecule has 1 aromatic carbocycles. The van der Waals surface area contributed by atoms with Crippen LogP contribution in [-0.4, -0.2) is 31.4 Å². The number of carbonyl (C=O) groups excluding carboxylic acids is 1. The second-order valence-corrected chi connectivity index (χ2v) is 5.59. The number of carbonyl (C=O) groups is 1. The van der Waals surface area contributed by atoms with Gasteiger partial charge in [-0.05, 0) is 45.0 Å². The van der Waals surface area contributed by atoms with Gasteiger partial charge in [0.05, 0.1) is 0 Å². The van der Waals surface area contributed by atoms with Gasteiger partial charge in [0, 0.05) is 24.6 Å². The predicted molar refractivity (Wildman–Crippen MR) is 82.7 cm³/mol. The summed E-state index contributed by atoms with van der Waals surface area (Å²) < 4.78 is 11.6. The maximum atomic E-state index is 11.0. The Labute approximate surface area is 121 Å². The van der Waals surface area contributed by atoms with E-state index in [9.17, 15) is 4.79 Å². The molecule has 1 unspecified atom stereocenters. The topological polar surface area (TPSA) is 61.6 Å². The number of hydrogen-bond acceptors (Lipinski definition) is 3. The monoisotopic (exact) mass is 277 g/mol. The van der Waals surface area contributed by atoms with Crippen molar-refractivity contribution in [2.75, 3.05) is 6.61 Å². The minimum atomic E-state index is -0.433. The summed E-state index contributed by atoms with van der Waals surface area (Å²) in [6, 6.07) is 7.14. The van der Waals surface area contributed by atoms with Crippen molar-refractivity contribution in [3.05, 3.63) is 29.8 Å². The smallest absolute Gasteiger partial charge is 0.248 e. The van der Waals surface area contributed by atoms with E-state index in [0.29, 0.717) is 12.2 Å². The van der Waals surface area contributed by atoms with Gasteiger partial charge in [-0.3, -0.25) is 4.79 Å². The minimum Gasteiger partial charge on any atom is -0.488 e. The number of rotatable bonds is 8. The number of benzene rings is 1. The van der Waals surface area contributed by atoms with Gasteiger partial charge in [0.15, 0.2) is 7.28 Å². The van der Waals surface area contributed by atoms with Crippen molar-refractivity contribution in [2.24, 2.45) is 5.73 Å². The van der Waals surface area contributed by atoms with Gasteiger partial charge in [-0.1, -0.05) is 6.82 Å². The highest BCUT2D eigenvalue weighted by Gasteiger charge is 2.20. The zero-order valence-corrected chi connectivity index (χ0v) is 12.8. The van der Waals surface area contributed by atoms with E-state index < -0.39 is 5.91 Å². The highest BCUT2D eigenvalue weighted by atomic mass is 16.5. The molecule has 0 aliphatic heterocycles. The van der Waals surface area contributed by atoms with Gasteiger partial charge >= 0.3 is 0 Å². The van der Waals surface area contributed by atoms with Crippen molar-refractivity contribution in [2.45, 2.75) is 45.6 Å². The number of hydrogen-bond donors (Lipinski definition) is 1. The molecule has 4 nitrogen and oxygen atoms in total. The Balaban J connectivity index is 2.50. The van der Waals surface area contributed by atoms with Crippen LogP contribution in [0, 0.1) is 0 Å². The lowest BCUT2D eigenvalue weighted by molar-refractivity contribution is 0.0397. The summed E-state index contributed by atoms with van der Waals surface area (Å²) in [6.45, 7) is 8.88. The molecule has 110 valence electrons. The molecule has 0 fully saturated rings. The lowest BCUT2D eigenvalue weighted by atomic mass is 9.76. The highest BCUT2D eigenvalue weighted by Crippen LogP contribution is 2.21. The molecule has 1 aromatic rings. The molecular formula is C15H24BNO3. The Morgan fingerprint density at radius 2 is 1.95 bits per heavy atom. The van der Waals surface area contributed by atoms with Gasteiger partial charge in [-0.25, -0.2) is 0 Å². The van der Waals surface area contributed by atoms with Crippen LogP contribution in [0.15, 0.2) is 24.3 Å². The summed E-state index contributed by atoms with van der Waals surface area (Å²) in [6.07, 6.45) is 0.801. The van der Waals surface area contributed by atoms with Crippen molar-refractivity contribution in [3.8, 4) is 5.75 Å². The molecule has 0 saturated carbocycles. The zero-order valence-electron chi connectivity index (χ0n) is 12.8. The fraction of sp³-hybridized carbons (Fsp3) is 0.533. The average Bonchev–Trinajstić information content (AvgIpc) is 2.38. The first kappa shape index (κ1) is 16.6. The summed E-state index contributed by atoms with van der Waals surface area (Å²) in [4.78, 5) is 11.0. The molecule has 0 aliphatic rings. The Morgan fingerprint density at radius 1 is 1.35 bits per heavy atom. The van der Waals surface area contributed by atoms with Crippen LogP contribution < -0.4 is 10.5 Å². The van der Waals surface area contributed by atoms with E-state index in [1.165, 1.54) is 0 Å². The normalized spacial score (nSPS) is 12.8. The van der Waals surface area contributed by atoms with Crippen LogP contribution in [-0.2, 0) is 4.74 Å². The number of amides is 1. The fourth-order valence-corrected chi connectivity index (χ4v) is 1.68. The van der Waals surface area contributed by atoms with Crippen LogP contribution in [0.5, 0.6) is 5.75 Å². The molecule has 0 aromatic heterocycles. The number of nitrogens with two attached hydrogens (primary N) is 1. The molecule has 0 spiro atoms. The minimum absolute atomic E-state index is 0.278. The average molecular weight is 277 g/mol. The second kappa shape index (κ2) is 7.34. The highest BCUT2D eigenvalue weighted by molar-refractivity contribution is 6.35. The van der Waals surface area contributed by atoms with E-state index >= 15 is 0 Å². The summed E-state index contributed by atoms with van der Waals surface area (Å²) >= 11 is 0. The van der Waals surface area contributed by atoms with Gasteiger partial charge in [0.2, 0.25) is 5.91 Å². The molecule has 0 aliphatic carbocycles. The van der Waals surface area contributed by atoms with Crippen LogP contribution in [0.25, 0.3) is 0 Å². The first-order valence-electron chi connectivity index (χ1n) is 7.04. The first-order valence-corrected chi connectivity index (χ1v) is 7.04. The SMILES string of the molecule is CBC(C)OCCC(C)(C)Oc1ccc(C(N)=O)cc1. The molecule has 1 amide bonds. The predicted octanol–water partition coefficient (Wildman–Crippen LogP) is 2.18. The van der Waals surface area contributed by atoms with Gasteiger partial charge in [-0.2, -0.15) is 0 Å². The summed E-state index contributed by atoms with van der Waals surface area (Å²) in [5.74, 6) is 0.293. The molecular weight excluding hydrogens is 253 g/mol. The van der Waals surface area contributed by atoms with Crippen molar-refractivity contribution in [1.29, 1.82) is 0 Å². The molecule has 0 radical (unpaired) electrons. The van der Waals surface area contributed by atoms with Gasteiger partial charge < -0.3 is 15.2 Å². The third kappa shape index (κ3) is 5.65. The molecule has 1 atom stereocenters. The van der Waals surface area contributed by atoms with Crippen molar-refractivity contribution < 1.29 is 14.3 Å². The first-order chi connectivity index (χ1) is 9.34. The molecule has 1 rings (SSSR count). The third-order valence-electron chi connectivity index (χ3n) is 3.21. The largest absolute Gasteiger partial charge is 0.488 e. The number of primary amides is 1. The summed E-state index contributed by atoms with van der Waals surface area (Å²) in [5.41, 5.74) is 5.37. The lowest BCUT2D eigenvalue weighted by Crippen LogP contribution is -2.31.